The average Bonchev–Trinajstić information content (AvgIpc) is 3.29. The van der Waals surface area contributed by atoms with Crippen molar-refractivity contribution >= 4 is 27.5 Å². The number of nitrogens with zero attached hydrogens (tertiary/aromatic N) is 1. The van der Waals surface area contributed by atoms with Crippen LogP contribution < -0.4 is 5.32 Å². The summed E-state index contributed by atoms with van der Waals surface area (Å²) in [6, 6.07) is 0. The topological polar surface area (TPSA) is 81.7 Å². The number of oxime groups is 1. The van der Waals surface area contributed by atoms with Gasteiger partial charge in [0.1, 0.15) is 17.9 Å². The molecule has 4 aliphatic rings. The molecule has 2 saturated heterocycles. The molecule has 1 N–H and O–H groups in total. The van der Waals surface area contributed by atoms with E-state index in [1.165, 1.54) is 0 Å². The van der Waals surface area contributed by atoms with Crippen LogP contribution in [0, 0.1) is 0 Å². The molecule has 0 radical (unpaired) electrons. The van der Waals surface area contributed by atoms with E-state index in [0.717, 1.165) is 17.3 Å². The first-order valence-electron chi connectivity index (χ1n) is 7.97. The van der Waals surface area contributed by atoms with Gasteiger partial charge in [0.05, 0.1) is 17.7 Å². The summed E-state index contributed by atoms with van der Waals surface area (Å²) in [6.07, 6.45) is 3.55. The quantitative estimate of drug-likeness (QED) is 0.737. The number of hydrogen-bond donors (Lipinski definition) is 1. The predicted molar refractivity (Wildman–Crippen MR) is 84.1 cm³/mol. The van der Waals surface area contributed by atoms with Crippen LogP contribution in [-0.4, -0.2) is 55.0 Å². The number of fused-ring (bicyclic) bond motifs is 3. The van der Waals surface area contributed by atoms with E-state index in [-0.39, 0.29) is 18.1 Å². The standard InChI is InChI=1S/C15H19BrN2O5/c1-2-4-17-13(19)9-7-14(23-18-9)8-10(16)15(12-11(14)22-12)20-5-3-6-21-15/h8,11-12H,2-7H2,1H3,(H,17,19)/t11-,12+,14-/m1/s1. The van der Waals surface area contributed by atoms with Crippen LogP contribution in [0.15, 0.2) is 15.7 Å². The fourth-order valence-electron chi connectivity index (χ4n) is 3.31. The molecular weight excluding hydrogens is 368 g/mol. The summed E-state index contributed by atoms with van der Waals surface area (Å²) in [5.41, 5.74) is -0.358. The minimum absolute atomic E-state index is 0.184. The number of epoxide rings is 1. The van der Waals surface area contributed by atoms with Gasteiger partial charge in [0, 0.05) is 13.0 Å². The number of hydrogen-bond acceptors (Lipinski definition) is 6. The van der Waals surface area contributed by atoms with E-state index < -0.39 is 11.4 Å². The van der Waals surface area contributed by atoms with Crippen molar-refractivity contribution in [2.24, 2.45) is 5.16 Å². The molecule has 4 rings (SSSR count). The van der Waals surface area contributed by atoms with Gasteiger partial charge in [-0.05, 0) is 34.8 Å². The Hall–Kier alpha value is -0.960. The first-order chi connectivity index (χ1) is 11.1. The summed E-state index contributed by atoms with van der Waals surface area (Å²) in [4.78, 5) is 17.7. The Labute approximate surface area is 142 Å². The van der Waals surface area contributed by atoms with Crippen LogP contribution in [0.4, 0.5) is 0 Å². The molecule has 1 amide bonds. The number of halogens is 1. The van der Waals surface area contributed by atoms with E-state index in [4.69, 9.17) is 19.0 Å². The molecule has 0 unspecified atom stereocenters. The Balaban J connectivity index is 1.53. The summed E-state index contributed by atoms with van der Waals surface area (Å²) in [6.45, 7) is 3.88. The molecule has 0 aromatic heterocycles. The summed E-state index contributed by atoms with van der Waals surface area (Å²) in [5.74, 6) is -1.05. The number of carbonyl (C=O) groups excluding carboxylic acids is 1. The van der Waals surface area contributed by atoms with E-state index in [1.807, 2.05) is 13.0 Å². The molecule has 2 fully saturated rings. The van der Waals surface area contributed by atoms with Gasteiger partial charge in [0.25, 0.3) is 5.91 Å². The van der Waals surface area contributed by atoms with E-state index in [2.05, 4.69) is 26.4 Å². The highest BCUT2D eigenvalue weighted by Crippen LogP contribution is 2.56. The number of nitrogens with one attached hydrogen (secondary N) is 1. The molecule has 1 aliphatic carbocycles. The summed E-state index contributed by atoms with van der Waals surface area (Å²) in [7, 11) is 0. The fraction of sp³-hybridized carbons (Fsp3) is 0.733. The second-order valence-electron chi connectivity index (χ2n) is 6.20. The van der Waals surface area contributed by atoms with E-state index in [1.54, 1.807) is 0 Å². The molecule has 7 nitrogen and oxygen atoms in total. The minimum Gasteiger partial charge on any atom is -0.381 e. The molecular formula is C15H19BrN2O5. The second kappa shape index (κ2) is 5.54. The van der Waals surface area contributed by atoms with Gasteiger partial charge in [-0.1, -0.05) is 12.1 Å². The Morgan fingerprint density at radius 2 is 2.22 bits per heavy atom. The SMILES string of the molecule is CCCNC(=O)C1=NO[C@@]2(C=C(Br)C3(OCCCO3)[C@H]3O[C@H]32)C1. The normalized spacial score (nSPS) is 37.0. The van der Waals surface area contributed by atoms with Crippen LogP contribution in [0.25, 0.3) is 0 Å². The molecule has 3 heterocycles. The zero-order valence-corrected chi connectivity index (χ0v) is 14.4. The van der Waals surface area contributed by atoms with E-state index in [9.17, 15) is 4.79 Å². The van der Waals surface area contributed by atoms with Crippen LogP contribution in [0.1, 0.15) is 26.2 Å². The van der Waals surface area contributed by atoms with Crippen LogP contribution in [0.3, 0.4) is 0 Å². The van der Waals surface area contributed by atoms with Gasteiger partial charge in [0.15, 0.2) is 5.60 Å². The first kappa shape index (κ1) is 15.6. The maximum Gasteiger partial charge on any atom is 0.269 e. The molecule has 0 aromatic rings. The molecule has 3 atom stereocenters. The van der Waals surface area contributed by atoms with Crippen molar-refractivity contribution in [3.63, 3.8) is 0 Å². The Bertz CT molecular complexity index is 586. The van der Waals surface area contributed by atoms with E-state index >= 15 is 0 Å². The van der Waals surface area contributed by atoms with Gasteiger partial charge in [-0.2, -0.15) is 0 Å². The Kier molecular flexibility index (Phi) is 3.75. The van der Waals surface area contributed by atoms with Gasteiger partial charge in [-0.3, -0.25) is 4.79 Å². The van der Waals surface area contributed by atoms with E-state index in [0.29, 0.717) is 31.9 Å². The lowest BCUT2D eigenvalue weighted by atomic mass is 9.84. The average molecular weight is 387 g/mol. The number of amides is 1. The zero-order valence-electron chi connectivity index (χ0n) is 12.8. The predicted octanol–water partition coefficient (Wildman–Crippen LogP) is 1.22. The number of carbonyl (C=O) groups is 1. The van der Waals surface area contributed by atoms with Crippen molar-refractivity contribution < 1.29 is 23.8 Å². The third-order valence-corrected chi connectivity index (χ3v) is 5.32. The summed E-state index contributed by atoms with van der Waals surface area (Å²) >= 11 is 3.56. The monoisotopic (exact) mass is 386 g/mol. The van der Waals surface area contributed by atoms with Crippen LogP contribution in [0.5, 0.6) is 0 Å². The number of ether oxygens (including phenoxy) is 3. The molecule has 3 aliphatic heterocycles. The molecule has 2 spiro atoms. The van der Waals surface area contributed by atoms with Crippen LogP contribution >= 0.6 is 15.9 Å². The van der Waals surface area contributed by atoms with Gasteiger partial charge in [-0.25, -0.2) is 0 Å². The van der Waals surface area contributed by atoms with Crippen molar-refractivity contribution in [1.29, 1.82) is 0 Å². The van der Waals surface area contributed by atoms with Crippen molar-refractivity contribution in [2.75, 3.05) is 19.8 Å². The first-order valence-corrected chi connectivity index (χ1v) is 8.76. The highest BCUT2D eigenvalue weighted by Gasteiger charge is 2.72. The lowest BCUT2D eigenvalue weighted by molar-refractivity contribution is -0.249. The maximum atomic E-state index is 12.1. The number of rotatable bonds is 3. The third kappa shape index (κ3) is 2.34. The van der Waals surface area contributed by atoms with Crippen molar-refractivity contribution in [2.45, 2.75) is 49.8 Å². The second-order valence-corrected chi connectivity index (χ2v) is 7.06. The lowest BCUT2D eigenvalue weighted by Crippen LogP contribution is -2.53. The fourth-order valence-corrected chi connectivity index (χ4v) is 4.16. The molecule has 126 valence electrons. The summed E-state index contributed by atoms with van der Waals surface area (Å²) < 4.78 is 18.3. The molecule has 23 heavy (non-hydrogen) atoms. The highest BCUT2D eigenvalue weighted by atomic mass is 79.9. The minimum atomic E-state index is -0.870. The van der Waals surface area contributed by atoms with Gasteiger partial charge >= 0.3 is 0 Å². The smallest absolute Gasteiger partial charge is 0.269 e. The van der Waals surface area contributed by atoms with Gasteiger partial charge < -0.3 is 24.4 Å². The van der Waals surface area contributed by atoms with Crippen molar-refractivity contribution in [1.82, 2.24) is 5.32 Å². The molecule has 0 bridgehead atoms. The van der Waals surface area contributed by atoms with Crippen molar-refractivity contribution in [3.05, 3.63) is 10.6 Å². The molecule has 8 heteroatoms. The van der Waals surface area contributed by atoms with Crippen molar-refractivity contribution in [3.8, 4) is 0 Å². The highest BCUT2D eigenvalue weighted by molar-refractivity contribution is 9.11. The summed E-state index contributed by atoms with van der Waals surface area (Å²) in [5, 5.41) is 6.81. The molecule has 0 saturated carbocycles. The Morgan fingerprint density at radius 3 is 2.96 bits per heavy atom. The lowest BCUT2D eigenvalue weighted by Gasteiger charge is -2.40. The van der Waals surface area contributed by atoms with Gasteiger partial charge in [-0.15, -0.1) is 0 Å². The molecule has 0 aromatic carbocycles. The Morgan fingerprint density at radius 1 is 1.43 bits per heavy atom. The maximum absolute atomic E-state index is 12.1. The largest absolute Gasteiger partial charge is 0.381 e. The van der Waals surface area contributed by atoms with Crippen LogP contribution in [-0.2, 0) is 23.8 Å². The zero-order chi connectivity index (χ0) is 16.1. The van der Waals surface area contributed by atoms with Crippen LogP contribution in [0.2, 0.25) is 0 Å². The third-order valence-electron chi connectivity index (χ3n) is 4.54. The van der Waals surface area contributed by atoms with Gasteiger partial charge in [0.2, 0.25) is 5.79 Å².